The molecule has 0 aromatic carbocycles. The molecule has 3 heterocycles. The van der Waals surface area contributed by atoms with Crippen LogP contribution in [0.2, 0.25) is 0 Å². The summed E-state index contributed by atoms with van der Waals surface area (Å²) in [5.74, 6) is -0.448. The van der Waals surface area contributed by atoms with Crippen molar-refractivity contribution in [2.45, 2.75) is 12.5 Å². The number of fused-ring (bicyclic) bond motifs is 1. The first kappa shape index (κ1) is 14.0. The average Bonchev–Trinajstić information content (AvgIpc) is 3.01. The molecule has 0 spiro atoms. The topological polar surface area (TPSA) is 125 Å². The van der Waals surface area contributed by atoms with Gasteiger partial charge in [0.25, 0.3) is 6.35 Å². The highest BCUT2D eigenvalue weighted by Gasteiger charge is 2.32. The summed E-state index contributed by atoms with van der Waals surface area (Å²) in [6.45, 7) is 0. The minimum atomic E-state index is -2.48. The van der Waals surface area contributed by atoms with Crippen molar-refractivity contribution in [3.63, 3.8) is 0 Å². The second kappa shape index (κ2) is 5.41. The number of nitrogen functional groups attached to an aromatic ring is 1. The molecule has 1 unspecified atom stereocenters. The monoisotopic (exact) mass is 314 g/mol. The zero-order valence-corrected chi connectivity index (χ0v) is 11.4. The van der Waals surface area contributed by atoms with Gasteiger partial charge < -0.3 is 15.2 Å². The number of aromatic nitrogens is 4. The van der Waals surface area contributed by atoms with E-state index in [2.05, 4.69) is 15.0 Å². The van der Waals surface area contributed by atoms with Gasteiger partial charge in [-0.1, -0.05) is 0 Å². The fourth-order valence-electron chi connectivity index (χ4n) is 1.91. The maximum absolute atomic E-state index is 14.0. The molecule has 0 amide bonds. The van der Waals surface area contributed by atoms with E-state index < -0.39 is 32.7 Å². The third-order valence-corrected chi connectivity index (χ3v) is 3.15. The van der Waals surface area contributed by atoms with Gasteiger partial charge in [0.2, 0.25) is 0 Å². The minimum absolute atomic E-state index is 0.172. The van der Waals surface area contributed by atoms with Gasteiger partial charge in [-0.05, 0) is 4.57 Å². The van der Waals surface area contributed by atoms with Crippen LogP contribution < -0.4 is 5.73 Å². The first-order valence-corrected chi connectivity index (χ1v) is 7.17. The van der Waals surface area contributed by atoms with Gasteiger partial charge in [-0.15, -0.1) is 0 Å². The van der Waals surface area contributed by atoms with Gasteiger partial charge in [0, 0.05) is 6.08 Å². The highest BCUT2D eigenvalue weighted by molar-refractivity contribution is 7.37. The third-order valence-electron chi connectivity index (χ3n) is 2.78. The molecule has 0 fully saturated rings. The van der Waals surface area contributed by atoms with E-state index in [4.69, 9.17) is 20.1 Å². The van der Waals surface area contributed by atoms with E-state index in [1.807, 2.05) is 0 Å². The first-order chi connectivity index (χ1) is 10.1. The Morgan fingerprint density at radius 1 is 1.52 bits per heavy atom. The normalized spacial score (nSPS) is 22.6. The molecular weight excluding hydrogens is 304 g/mol. The molecule has 0 bridgehead atoms. The molecule has 110 valence electrons. The van der Waals surface area contributed by atoms with Crippen molar-refractivity contribution in [2.24, 2.45) is 0 Å². The molecule has 3 atom stereocenters. The van der Waals surface area contributed by atoms with Crippen LogP contribution in [-0.2, 0) is 14.0 Å². The second-order valence-corrected chi connectivity index (χ2v) is 5.10. The second-order valence-electron chi connectivity index (χ2n) is 4.14. The van der Waals surface area contributed by atoms with Gasteiger partial charge >= 0.3 is 8.03 Å². The standard InChI is InChI=1S/C10H9FN5O4P/c11-5-1-6(19-4-21(17)18)20-10(5)16-3-15-7-8(12)13-2-14-9(7)16/h1-3,6,10H,4H2,(H2-,12,13,14,17,18)/p+1/t6-,10+/m0/s1. The molecule has 11 heteroatoms. The van der Waals surface area contributed by atoms with Crippen LogP contribution in [0, 0.1) is 0 Å². The highest BCUT2D eigenvalue weighted by Crippen LogP contribution is 2.33. The molecule has 9 nitrogen and oxygen atoms in total. The van der Waals surface area contributed by atoms with Crippen LogP contribution >= 0.6 is 8.03 Å². The molecule has 1 aliphatic heterocycles. The summed E-state index contributed by atoms with van der Waals surface area (Å²) in [7, 11) is -2.48. The van der Waals surface area contributed by atoms with Crippen molar-refractivity contribution in [3.05, 3.63) is 24.6 Å². The summed E-state index contributed by atoms with van der Waals surface area (Å²) < 4.78 is 36.1. The average molecular weight is 314 g/mol. The highest BCUT2D eigenvalue weighted by atomic mass is 31.1. The molecule has 21 heavy (non-hydrogen) atoms. The lowest BCUT2D eigenvalue weighted by atomic mass is 10.4. The van der Waals surface area contributed by atoms with Crippen LogP contribution in [0.15, 0.2) is 24.6 Å². The summed E-state index contributed by atoms with van der Waals surface area (Å²) in [4.78, 5) is 20.5. The summed E-state index contributed by atoms with van der Waals surface area (Å²) in [5, 5.41) is 0. The van der Waals surface area contributed by atoms with E-state index in [9.17, 15) is 8.96 Å². The van der Waals surface area contributed by atoms with Crippen molar-refractivity contribution in [3.8, 4) is 0 Å². The van der Waals surface area contributed by atoms with Crippen LogP contribution in [0.1, 0.15) is 6.23 Å². The van der Waals surface area contributed by atoms with Gasteiger partial charge in [-0.3, -0.25) is 4.57 Å². The molecule has 0 aliphatic carbocycles. The number of ether oxygens (including phenoxy) is 2. The van der Waals surface area contributed by atoms with Crippen molar-refractivity contribution in [1.29, 1.82) is 0 Å². The quantitative estimate of drug-likeness (QED) is 0.795. The van der Waals surface area contributed by atoms with Gasteiger partial charge in [-0.2, -0.15) is 4.89 Å². The van der Waals surface area contributed by atoms with Crippen molar-refractivity contribution >= 4 is 25.0 Å². The van der Waals surface area contributed by atoms with E-state index >= 15 is 0 Å². The molecule has 2 aromatic rings. The summed E-state index contributed by atoms with van der Waals surface area (Å²) >= 11 is 0. The molecular formula is C10H10FN5O4P+. The number of rotatable bonds is 4. The minimum Gasteiger partial charge on any atom is -0.382 e. The van der Waals surface area contributed by atoms with E-state index in [1.54, 1.807) is 0 Å². The van der Waals surface area contributed by atoms with E-state index in [0.29, 0.717) is 11.2 Å². The number of imidazole rings is 1. The summed E-state index contributed by atoms with van der Waals surface area (Å²) in [6, 6.07) is 0. The number of nitrogens with zero attached hydrogens (tertiary/aromatic N) is 4. The lowest BCUT2D eigenvalue weighted by Crippen LogP contribution is -2.16. The fourth-order valence-corrected chi connectivity index (χ4v) is 2.18. The Morgan fingerprint density at radius 3 is 3.10 bits per heavy atom. The zero-order chi connectivity index (χ0) is 15.0. The van der Waals surface area contributed by atoms with Gasteiger partial charge in [0.05, 0.1) is 6.33 Å². The fraction of sp³-hybridized carbons (Fsp3) is 0.300. The first-order valence-electron chi connectivity index (χ1n) is 5.77. The molecule has 3 N–H and O–H groups in total. The largest absolute Gasteiger partial charge is 0.534 e. The van der Waals surface area contributed by atoms with Gasteiger partial charge in [-0.25, -0.2) is 19.3 Å². The number of anilines is 1. The lowest BCUT2D eigenvalue weighted by Gasteiger charge is -2.14. The van der Waals surface area contributed by atoms with E-state index in [1.165, 1.54) is 17.2 Å². The number of nitrogens with two attached hydrogens (primary N) is 1. The number of hydrogen-bond acceptors (Lipinski definition) is 7. The maximum Gasteiger partial charge on any atom is 0.534 e. The smallest absolute Gasteiger partial charge is 0.382 e. The molecule has 0 saturated carbocycles. The Kier molecular flexibility index (Phi) is 3.60. The van der Waals surface area contributed by atoms with Crippen molar-refractivity contribution in [2.75, 3.05) is 12.1 Å². The number of hydrogen-bond donors (Lipinski definition) is 2. The van der Waals surface area contributed by atoms with Crippen LogP contribution in [-0.4, -0.2) is 37.1 Å². The van der Waals surface area contributed by atoms with Crippen LogP contribution in [0.3, 0.4) is 0 Å². The summed E-state index contributed by atoms with van der Waals surface area (Å²) in [5.41, 5.74) is 6.29. The van der Waals surface area contributed by atoms with Crippen LogP contribution in [0.25, 0.3) is 11.2 Å². The molecule has 1 aliphatic rings. The SMILES string of the molecule is Nc1ncnc2c1ncn2[C@@H]1O[C@H](OC[P+](=O)O)C=C1F. The Morgan fingerprint density at radius 2 is 2.33 bits per heavy atom. The lowest BCUT2D eigenvalue weighted by molar-refractivity contribution is -0.128. The van der Waals surface area contributed by atoms with Crippen LogP contribution in [0.4, 0.5) is 10.2 Å². The van der Waals surface area contributed by atoms with Gasteiger partial charge in [0.15, 0.2) is 29.8 Å². The molecule has 3 rings (SSSR count). The predicted octanol–water partition coefficient (Wildman–Crippen LogP) is 0.826. The van der Waals surface area contributed by atoms with E-state index in [-0.39, 0.29) is 5.82 Å². The molecule has 0 radical (unpaired) electrons. The third kappa shape index (κ3) is 2.61. The Bertz CT molecular complexity index is 735. The van der Waals surface area contributed by atoms with E-state index in [0.717, 1.165) is 6.08 Å². The maximum atomic E-state index is 14.0. The zero-order valence-electron chi connectivity index (χ0n) is 10.5. The Balaban J connectivity index is 1.85. The predicted molar refractivity (Wildman–Crippen MR) is 68.6 cm³/mol. The van der Waals surface area contributed by atoms with Crippen LogP contribution in [0.5, 0.6) is 0 Å². The molecule has 0 saturated heterocycles. The van der Waals surface area contributed by atoms with Crippen molar-refractivity contribution in [1.82, 2.24) is 19.5 Å². The van der Waals surface area contributed by atoms with Gasteiger partial charge in [0.1, 0.15) is 11.8 Å². The van der Waals surface area contributed by atoms with Crippen molar-refractivity contribution < 1.29 is 23.3 Å². The molecule has 2 aromatic heterocycles. The Hall–Kier alpha value is -2.00. The Labute approximate surface area is 118 Å². The number of halogens is 1. The summed E-state index contributed by atoms with van der Waals surface area (Å²) in [6.07, 6.45) is 0.999.